The van der Waals surface area contributed by atoms with Crippen LogP contribution < -0.4 is 10.6 Å². The van der Waals surface area contributed by atoms with Gasteiger partial charge in [0.1, 0.15) is 0 Å². The second kappa shape index (κ2) is 11.9. The van der Waals surface area contributed by atoms with E-state index < -0.39 is 6.03 Å². The average Bonchev–Trinajstić information content (AvgIpc) is 3.62. The van der Waals surface area contributed by atoms with E-state index in [1.807, 2.05) is 97.1 Å². The topological polar surface area (TPSA) is 122 Å². The maximum atomic E-state index is 14.8. The second-order valence-electron chi connectivity index (χ2n) is 11.8. The van der Waals surface area contributed by atoms with Gasteiger partial charge in [0.2, 0.25) is 11.8 Å². The van der Waals surface area contributed by atoms with Crippen molar-refractivity contribution in [1.29, 1.82) is 0 Å². The van der Waals surface area contributed by atoms with E-state index in [1.54, 1.807) is 0 Å². The Balaban J connectivity index is 1.33. The van der Waals surface area contributed by atoms with E-state index in [4.69, 9.17) is 0 Å². The van der Waals surface area contributed by atoms with Crippen molar-refractivity contribution in [3.63, 3.8) is 0 Å². The zero-order chi connectivity index (χ0) is 31.8. The summed E-state index contributed by atoms with van der Waals surface area (Å²) >= 11 is 0. The molecule has 0 unspecified atom stereocenters. The first-order valence-electron chi connectivity index (χ1n) is 15.2. The Hall–Kier alpha value is -5.83. The molecular weight excluding hydrogens is 580 g/mol. The number of nitrogens with one attached hydrogen (secondary N) is 2. The maximum Gasteiger partial charge on any atom is 0.329 e. The number of carbonyl (C=O) groups is 3. The van der Waals surface area contributed by atoms with Gasteiger partial charge < -0.3 is 20.8 Å². The smallest absolute Gasteiger partial charge is 0.329 e. The van der Waals surface area contributed by atoms with Gasteiger partial charge in [-0.15, -0.1) is 0 Å². The molecule has 7 rings (SSSR count). The minimum Gasteiger partial charge on any atom is -0.503 e. The van der Waals surface area contributed by atoms with Crippen LogP contribution in [0.15, 0.2) is 120 Å². The summed E-state index contributed by atoms with van der Waals surface area (Å²) < 4.78 is 0. The van der Waals surface area contributed by atoms with Gasteiger partial charge in [0.25, 0.3) is 0 Å². The van der Waals surface area contributed by atoms with Gasteiger partial charge in [-0.2, -0.15) is 0 Å². The zero-order valence-electron chi connectivity index (χ0n) is 25.0. The molecule has 4 aromatic rings. The van der Waals surface area contributed by atoms with Gasteiger partial charge in [-0.05, 0) is 45.5 Å². The van der Waals surface area contributed by atoms with E-state index in [9.17, 15) is 24.6 Å². The van der Waals surface area contributed by atoms with Gasteiger partial charge in [-0.3, -0.25) is 19.4 Å². The molecule has 0 aliphatic carbocycles. The molecule has 0 spiro atoms. The van der Waals surface area contributed by atoms with Gasteiger partial charge in [-0.25, -0.2) is 4.79 Å². The van der Waals surface area contributed by atoms with Crippen LogP contribution in [0.4, 0.5) is 16.2 Å². The van der Waals surface area contributed by atoms with Crippen molar-refractivity contribution in [2.75, 3.05) is 10.6 Å². The number of carbonyl (C=O) groups excluding carboxylic acids is 3. The van der Waals surface area contributed by atoms with E-state index in [0.717, 1.165) is 44.8 Å². The van der Waals surface area contributed by atoms with Crippen LogP contribution >= 0.6 is 0 Å². The van der Waals surface area contributed by atoms with E-state index in [1.165, 1.54) is 9.80 Å². The molecule has 0 radical (unpaired) electrons. The molecule has 0 saturated carbocycles. The molecule has 0 bridgehead atoms. The fraction of sp³-hybridized carbons (Fsp3) is 0.162. The molecule has 4 amide bonds. The van der Waals surface area contributed by atoms with E-state index in [0.29, 0.717) is 0 Å². The minimum absolute atomic E-state index is 0.0857. The zero-order valence-corrected chi connectivity index (χ0v) is 25.0. The maximum absolute atomic E-state index is 14.8. The number of hydrogen-bond acceptors (Lipinski definition) is 5. The number of benzene rings is 4. The summed E-state index contributed by atoms with van der Waals surface area (Å²) in [7, 11) is 0. The SMILES string of the molecule is O=C1Cc2cc(CN3C(=O)N(Cc4ccc5c(c4)CC(=O)N5)C(Cc4ccccc4)=C(O)C(O)=C3Cc3ccccc3)ccc2N1. The molecule has 9 nitrogen and oxygen atoms in total. The summed E-state index contributed by atoms with van der Waals surface area (Å²) in [4.78, 5) is 42.0. The standard InChI is InChI=1S/C37H32N4O5/c42-33-19-27-15-25(11-13-29(27)38-33)21-40-31(17-23-7-3-1-4-8-23)35(44)36(45)32(18-24-9-5-2-6-10-24)41(37(40)46)22-26-12-14-30-28(16-26)20-34(43)39-30/h1-16,44-45H,17-22H2,(H,38,42)(H,39,43). The van der Waals surface area contributed by atoms with Crippen LogP contribution in [-0.2, 0) is 48.4 Å². The Bertz CT molecular complexity index is 1800. The fourth-order valence-corrected chi connectivity index (χ4v) is 6.30. The number of allylic oxidation sites excluding steroid dienone is 2. The number of amides is 4. The molecular formula is C37H32N4O5. The summed E-state index contributed by atoms with van der Waals surface area (Å²) in [5.41, 5.74) is 6.95. The summed E-state index contributed by atoms with van der Waals surface area (Å²) in [6, 6.07) is 29.7. The molecule has 9 heteroatoms. The third-order valence-electron chi connectivity index (χ3n) is 8.58. The van der Waals surface area contributed by atoms with Crippen LogP contribution in [0.25, 0.3) is 0 Å². The molecule has 46 heavy (non-hydrogen) atoms. The van der Waals surface area contributed by atoms with E-state index >= 15 is 0 Å². The van der Waals surface area contributed by atoms with Crippen molar-refractivity contribution < 1.29 is 24.6 Å². The number of hydrogen-bond donors (Lipinski definition) is 4. The lowest BCUT2D eigenvalue weighted by atomic mass is 10.0. The average molecular weight is 613 g/mol. The molecule has 3 aliphatic rings. The van der Waals surface area contributed by atoms with Crippen LogP contribution in [0.1, 0.15) is 33.4 Å². The predicted octanol–water partition coefficient (Wildman–Crippen LogP) is 6.14. The molecule has 4 aromatic carbocycles. The van der Waals surface area contributed by atoms with E-state index in [-0.39, 0.29) is 73.5 Å². The third kappa shape index (κ3) is 5.70. The highest BCUT2D eigenvalue weighted by atomic mass is 16.3. The number of nitrogens with zero attached hydrogens (tertiary/aromatic N) is 2. The molecule has 0 saturated heterocycles. The minimum atomic E-state index is -0.420. The normalized spacial score (nSPS) is 16.0. The van der Waals surface area contributed by atoms with Crippen LogP contribution in [0.2, 0.25) is 0 Å². The predicted molar refractivity (Wildman–Crippen MR) is 174 cm³/mol. The number of fused-ring (bicyclic) bond motifs is 2. The highest BCUT2D eigenvalue weighted by Gasteiger charge is 2.36. The fourth-order valence-electron chi connectivity index (χ4n) is 6.30. The molecule has 0 fully saturated rings. The second-order valence-corrected chi connectivity index (χ2v) is 11.8. The van der Waals surface area contributed by atoms with Crippen molar-refractivity contribution in [2.45, 2.75) is 38.8 Å². The number of anilines is 2. The largest absolute Gasteiger partial charge is 0.503 e. The number of rotatable bonds is 8. The van der Waals surface area contributed by atoms with Crippen molar-refractivity contribution in [2.24, 2.45) is 0 Å². The molecule has 4 N–H and O–H groups in total. The summed E-state index contributed by atoms with van der Waals surface area (Å²) in [5, 5.41) is 29.2. The number of aliphatic hydroxyl groups is 2. The number of urea groups is 1. The molecule has 3 heterocycles. The van der Waals surface area contributed by atoms with Gasteiger partial charge >= 0.3 is 6.03 Å². The molecule has 230 valence electrons. The highest BCUT2D eigenvalue weighted by Crippen LogP contribution is 2.34. The van der Waals surface area contributed by atoms with Crippen molar-refractivity contribution in [1.82, 2.24) is 9.80 Å². The lowest BCUT2D eigenvalue weighted by Gasteiger charge is -2.32. The van der Waals surface area contributed by atoms with Gasteiger partial charge in [0, 0.05) is 24.2 Å². The van der Waals surface area contributed by atoms with Crippen LogP contribution in [0.5, 0.6) is 0 Å². The summed E-state index contributed by atoms with van der Waals surface area (Å²) in [6.45, 7) is 0.190. The van der Waals surface area contributed by atoms with Gasteiger partial charge in [-0.1, -0.05) is 84.9 Å². The van der Waals surface area contributed by atoms with Crippen molar-refractivity contribution in [3.05, 3.63) is 153 Å². The Morgan fingerprint density at radius 2 is 0.957 bits per heavy atom. The Morgan fingerprint density at radius 1 is 0.543 bits per heavy atom. The first kappa shape index (κ1) is 28.9. The first-order chi connectivity index (χ1) is 22.3. The van der Waals surface area contributed by atoms with Gasteiger partial charge in [0.15, 0.2) is 11.5 Å². The van der Waals surface area contributed by atoms with Crippen molar-refractivity contribution in [3.8, 4) is 0 Å². The monoisotopic (exact) mass is 612 g/mol. The summed E-state index contributed by atoms with van der Waals surface area (Å²) in [6.07, 6.45) is 0.875. The third-order valence-corrected chi connectivity index (χ3v) is 8.58. The Morgan fingerprint density at radius 3 is 1.37 bits per heavy atom. The van der Waals surface area contributed by atoms with Crippen molar-refractivity contribution >= 4 is 29.2 Å². The van der Waals surface area contributed by atoms with Gasteiger partial charge in [0.05, 0.1) is 37.3 Å². The van der Waals surface area contributed by atoms with E-state index in [2.05, 4.69) is 10.6 Å². The van der Waals surface area contributed by atoms with Crippen LogP contribution in [-0.4, -0.2) is 37.9 Å². The summed E-state index contributed by atoms with van der Waals surface area (Å²) in [5.74, 6) is -0.908. The Kier molecular flexibility index (Phi) is 7.50. The molecule has 0 atom stereocenters. The first-order valence-corrected chi connectivity index (χ1v) is 15.2. The quantitative estimate of drug-likeness (QED) is 0.191. The lowest BCUT2D eigenvalue weighted by molar-refractivity contribution is -0.115. The lowest BCUT2D eigenvalue weighted by Crippen LogP contribution is -2.41. The molecule has 3 aliphatic heterocycles. The highest BCUT2D eigenvalue weighted by molar-refractivity contribution is 5.99. The van der Waals surface area contributed by atoms with Crippen LogP contribution in [0.3, 0.4) is 0 Å². The van der Waals surface area contributed by atoms with Crippen LogP contribution in [0, 0.1) is 0 Å². The Labute approximate surface area is 266 Å². The number of aliphatic hydroxyl groups excluding tert-OH is 2. The molecule has 0 aromatic heterocycles.